The molecule has 2 rings (SSSR count). The number of amides is 1. The van der Waals surface area contributed by atoms with Crippen molar-refractivity contribution in [2.75, 3.05) is 19.3 Å². The number of hydrogen-bond donors (Lipinski definition) is 4. The Kier molecular flexibility index (Phi) is 4.73. The van der Waals surface area contributed by atoms with Gasteiger partial charge in [-0.1, -0.05) is 0 Å². The molecule has 1 amide bonds. The van der Waals surface area contributed by atoms with E-state index in [1.54, 1.807) is 0 Å². The first-order chi connectivity index (χ1) is 10.4. The molecule has 0 unspecified atom stereocenters. The number of H-pyrrole nitrogens is 1. The number of aromatic nitrogens is 3. The molecule has 10 heteroatoms. The van der Waals surface area contributed by atoms with Gasteiger partial charge in [0.15, 0.2) is 0 Å². The lowest BCUT2D eigenvalue weighted by Gasteiger charge is -2.06. The molecule has 2 aromatic rings. The fraction of sp³-hybridized carbons (Fsp3) is 0.250. The number of carbonyl (C=O) groups excluding carboxylic acids is 1. The van der Waals surface area contributed by atoms with Crippen LogP contribution in [-0.4, -0.2) is 43.1 Å². The van der Waals surface area contributed by atoms with Crippen LogP contribution in [0.4, 0.5) is 5.95 Å². The van der Waals surface area contributed by atoms with Crippen LogP contribution < -0.4 is 15.8 Å². The van der Waals surface area contributed by atoms with Crippen molar-refractivity contribution in [1.82, 2.24) is 25.2 Å². The van der Waals surface area contributed by atoms with Crippen molar-refractivity contribution in [3.8, 4) is 0 Å². The summed E-state index contributed by atoms with van der Waals surface area (Å²) < 4.78 is 26.6. The summed E-state index contributed by atoms with van der Waals surface area (Å²) in [5, 5.41) is 8.71. The van der Waals surface area contributed by atoms with Gasteiger partial charge in [-0.25, -0.2) is 13.1 Å². The van der Waals surface area contributed by atoms with Gasteiger partial charge in [-0.15, -0.1) is 5.10 Å². The average Bonchev–Trinajstić information content (AvgIpc) is 2.92. The Morgan fingerprint density at radius 3 is 2.55 bits per heavy atom. The number of hydrogen-bond acceptors (Lipinski definition) is 6. The number of nitrogens with one attached hydrogen (secondary N) is 3. The van der Waals surface area contributed by atoms with Crippen LogP contribution in [0.1, 0.15) is 16.2 Å². The van der Waals surface area contributed by atoms with Crippen molar-refractivity contribution in [3.05, 3.63) is 35.7 Å². The van der Waals surface area contributed by atoms with E-state index in [-0.39, 0.29) is 23.3 Å². The molecule has 0 saturated heterocycles. The maximum atomic E-state index is 12.1. The zero-order valence-electron chi connectivity index (χ0n) is 11.8. The molecule has 0 atom stereocenters. The summed E-state index contributed by atoms with van der Waals surface area (Å²) in [6.07, 6.45) is 0.333. The molecule has 0 radical (unpaired) electrons. The monoisotopic (exact) mass is 324 g/mol. The predicted octanol–water partition coefficient (Wildman–Crippen LogP) is -0.732. The van der Waals surface area contributed by atoms with Crippen molar-refractivity contribution in [1.29, 1.82) is 0 Å². The minimum absolute atomic E-state index is 0.0808. The molecular weight excluding hydrogens is 308 g/mol. The minimum atomic E-state index is -3.65. The average molecular weight is 324 g/mol. The highest BCUT2D eigenvalue weighted by atomic mass is 32.2. The second-order valence-electron chi connectivity index (χ2n) is 4.39. The van der Waals surface area contributed by atoms with Crippen LogP contribution in [0.15, 0.2) is 29.2 Å². The molecule has 1 heterocycles. The molecule has 1 aromatic carbocycles. The number of sulfonamides is 1. The smallest absolute Gasteiger partial charge is 0.251 e. The van der Waals surface area contributed by atoms with Gasteiger partial charge in [0.25, 0.3) is 5.91 Å². The van der Waals surface area contributed by atoms with Gasteiger partial charge in [0, 0.05) is 25.6 Å². The summed E-state index contributed by atoms with van der Waals surface area (Å²) in [6.45, 7) is 0.147. The third-order valence-electron chi connectivity index (χ3n) is 2.86. The molecule has 1 aromatic heterocycles. The van der Waals surface area contributed by atoms with Crippen molar-refractivity contribution < 1.29 is 13.2 Å². The van der Waals surface area contributed by atoms with Crippen LogP contribution in [0.5, 0.6) is 0 Å². The standard InChI is InChI=1S/C12H16N6O3S/c1-14-11(19)8-2-4-9(5-3-8)22(20,21)15-7-6-10-16-12(13)18-17-10/h2-5,15H,6-7H2,1H3,(H,14,19)(H3,13,16,17,18). The highest BCUT2D eigenvalue weighted by molar-refractivity contribution is 7.89. The molecule has 0 saturated carbocycles. The first-order valence-electron chi connectivity index (χ1n) is 6.41. The SMILES string of the molecule is CNC(=O)c1ccc(S(=O)(=O)NCCc2nc(N)n[nH]2)cc1. The zero-order chi connectivity index (χ0) is 16.2. The highest BCUT2D eigenvalue weighted by Crippen LogP contribution is 2.10. The molecule has 0 spiro atoms. The van der Waals surface area contributed by atoms with E-state index < -0.39 is 10.0 Å². The second kappa shape index (κ2) is 6.54. The number of carbonyl (C=O) groups is 1. The van der Waals surface area contributed by atoms with Gasteiger partial charge >= 0.3 is 0 Å². The number of nitrogen functional groups attached to an aromatic ring is 1. The lowest BCUT2D eigenvalue weighted by atomic mass is 10.2. The Bertz CT molecular complexity index is 753. The molecule has 0 aliphatic rings. The Morgan fingerprint density at radius 2 is 2.00 bits per heavy atom. The second-order valence-corrected chi connectivity index (χ2v) is 6.16. The maximum absolute atomic E-state index is 12.1. The van der Waals surface area contributed by atoms with Crippen molar-refractivity contribution in [2.45, 2.75) is 11.3 Å². The number of rotatable bonds is 6. The molecular formula is C12H16N6O3S. The first kappa shape index (κ1) is 15.9. The van der Waals surface area contributed by atoms with Crippen LogP contribution in [0.25, 0.3) is 0 Å². The minimum Gasteiger partial charge on any atom is -0.367 e. The summed E-state index contributed by atoms with van der Waals surface area (Å²) in [4.78, 5) is 15.4. The van der Waals surface area contributed by atoms with Gasteiger partial charge in [-0.2, -0.15) is 4.98 Å². The van der Waals surface area contributed by atoms with Crippen LogP contribution >= 0.6 is 0 Å². The topological polar surface area (TPSA) is 143 Å². The predicted molar refractivity (Wildman–Crippen MR) is 79.5 cm³/mol. The molecule has 0 aliphatic heterocycles. The normalized spacial score (nSPS) is 11.3. The largest absolute Gasteiger partial charge is 0.367 e. The zero-order valence-corrected chi connectivity index (χ0v) is 12.6. The van der Waals surface area contributed by atoms with Crippen molar-refractivity contribution in [3.63, 3.8) is 0 Å². The van der Waals surface area contributed by atoms with Gasteiger partial charge < -0.3 is 11.1 Å². The van der Waals surface area contributed by atoms with Crippen LogP contribution in [-0.2, 0) is 16.4 Å². The number of nitrogens with two attached hydrogens (primary N) is 1. The molecule has 0 aliphatic carbocycles. The van der Waals surface area contributed by atoms with E-state index in [0.29, 0.717) is 17.8 Å². The number of nitrogens with zero attached hydrogens (tertiary/aromatic N) is 2. The van der Waals surface area contributed by atoms with Crippen LogP contribution in [0.2, 0.25) is 0 Å². The van der Waals surface area contributed by atoms with E-state index in [1.165, 1.54) is 31.3 Å². The number of benzene rings is 1. The summed E-state index contributed by atoms with van der Waals surface area (Å²) in [7, 11) is -2.14. The van der Waals surface area contributed by atoms with E-state index in [2.05, 4.69) is 25.2 Å². The first-order valence-corrected chi connectivity index (χ1v) is 7.89. The molecule has 0 bridgehead atoms. The molecule has 9 nitrogen and oxygen atoms in total. The molecule has 118 valence electrons. The third kappa shape index (κ3) is 3.80. The molecule has 0 fully saturated rings. The fourth-order valence-corrected chi connectivity index (χ4v) is 2.77. The van der Waals surface area contributed by atoms with Gasteiger partial charge in [0.1, 0.15) is 5.82 Å². The van der Waals surface area contributed by atoms with E-state index in [1.807, 2.05) is 0 Å². The van der Waals surface area contributed by atoms with Gasteiger partial charge in [-0.05, 0) is 24.3 Å². The number of aromatic amines is 1. The Labute approximate surface area is 127 Å². The maximum Gasteiger partial charge on any atom is 0.251 e. The lowest BCUT2D eigenvalue weighted by molar-refractivity contribution is 0.0963. The van der Waals surface area contributed by atoms with E-state index in [9.17, 15) is 13.2 Å². The lowest BCUT2D eigenvalue weighted by Crippen LogP contribution is -2.26. The third-order valence-corrected chi connectivity index (χ3v) is 4.33. The van der Waals surface area contributed by atoms with Gasteiger partial charge in [0.2, 0.25) is 16.0 Å². The number of anilines is 1. The Balaban J connectivity index is 1.99. The van der Waals surface area contributed by atoms with E-state index in [0.717, 1.165) is 0 Å². The quantitative estimate of drug-likeness (QED) is 0.551. The molecule has 22 heavy (non-hydrogen) atoms. The molecule has 5 N–H and O–H groups in total. The van der Waals surface area contributed by atoms with Crippen LogP contribution in [0.3, 0.4) is 0 Å². The summed E-state index contributed by atoms with van der Waals surface area (Å²) in [6, 6.07) is 5.65. The Morgan fingerprint density at radius 1 is 1.32 bits per heavy atom. The van der Waals surface area contributed by atoms with E-state index in [4.69, 9.17) is 5.73 Å². The van der Waals surface area contributed by atoms with E-state index >= 15 is 0 Å². The van der Waals surface area contributed by atoms with Crippen molar-refractivity contribution >= 4 is 21.9 Å². The van der Waals surface area contributed by atoms with Gasteiger partial charge in [0.05, 0.1) is 4.90 Å². The van der Waals surface area contributed by atoms with Gasteiger partial charge in [-0.3, -0.25) is 9.89 Å². The van der Waals surface area contributed by atoms with Crippen LogP contribution in [0, 0.1) is 0 Å². The summed E-state index contributed by atoms with van der Waals surface area (Å²) in [5.41, 5.74) is 5.74. The highest BCUT2D eigenvalue weighted by Gasteiger charge is 2.14. The fourth-order valence-electron chi connectivity index (χ4n) is 1.74. The van der Waals surface area contributed by atoms with Crippen molar-refractivity contribution in [2.24, 2.45) is 0 Å². The Hall–Kier alpha value is -2.46. The summed E-state index contributed by atoms with van der Waals surface area (Å²) >= 11 is 0. The summed E-state index contributed by atoms with van der Waals surface area (Å²) in [5.74, 6) is 0.331.